The highest BCUT2D eigenvalue weighted by molar-refractivity contribution is 4.65. The van der Waals surface area contributed by atoms with Gasteiger partial charge in [-0.2, -0.15) is 0 Å². The molecule has 2 N–H and O–H groups in total. The van der Waals surface area contributed by atoms with Crippen molar-refractivity contribution in [3.63, 3.8) is 0 Å². The third kappa shape index (κ3) is 3.80. The van der Waals surface area contributed by atoms with Gasteiger partial charge in [0.25, 0.3) is 10.2 Å². The second-order valence-corrected chi connectivity index (χ2v) is 2.36. The quantitative estimate of drug-likeness (QED) is 0.292. The molecule has 0 aliphatic rings. The Hall–Kier alpha value is -1.72. The smallest absolute Gasteiger partial charge is 0.393 e. The highest BCUT2D eigenvalue weighted by atomic mass is 17.1. The van der Waals surface area contributed by atoms with Crippen molar-refractivity contribution in [3.05, 3.63) is 20.2 Å². The van der Waals surface area contributed by atoms with Gasteiger partial charge in [0.05, 0.1) is 6.61 Å². The summed E-state index contributed by atoms with van der Waals surface area (Å²) in [6.07, 6.45) is -2.12. The van der Waals surface area contributed by atoms with E-state index in [1.54, 1.807) is 0 Å². The zero-order valence-corrected chi connectivity index (χ0v) is 8.14. The summed E-state index contributed by atoms with van der Waals surface area (Å²) in [5.41, 5.74) is 0. The van der Waals surface area contributed by atoms with E-state index >= 15 is 0 Å². The largest absolute Gasteiger partial charge is 0.394 e. The minimum Gasteiger partial charge on any atom is -0.393 e. The van der Waals surface area contributed by atoms with Gasteiger partial charge in [0, 0.05) is 6.61 Å². The average Bonchev–Trinajstić information content (AvgIpc) is 2.14. The van der Waals surface area contributed by atoms with Crippen LogP contribution in [0.3, 0.4) is 0 Å². The third-order valence-electron chi connectivity index (χ3n) is 1.33. The maximum Gasteiger partial charge on any atom is 0.394 e. The Morgan fingerprint density at radius 1 is 1.31 bits per heavy atom. The van der Waals surface area contributed by atoms with Crippen LogP contribution in [0.1, 0.15) is 6.92 Å². The molecule has 0 bridgehead atoms. The fraction of sp³-hybridized carbons (Fsp3) is 1.00. The molecule has 0 aliphatic heterocycles. The highest BCUT2D eigenvalue weighted by Crippen LogP contribution is 2.20. The van der Waals surface area contributed by atoms with Crippen LogP contribution in [-0.2, 0) is 14.4 Å². The van der Waals surface area contributed by atoms with Crippen LogP contribution in [0, 0.1) is 20.2 Å². The zero-order chi connectivity index (χ0) is 12.8. The number of aliphatic hydroxyl groups is 2. The first-order valence-electron chi connectivity index (χ1n) is 3.97. The molecule has 11 heteroatoms. The second-order valence-electron chi connectivity index (χ2n) is 2.36. The molecule has 0 fully saturated rings. The lowest BCUT2D eigenvalue weighted by Gasteiger charge is -2.30. The summed E-state index contributed by atoms with van der Waals surface area (Å²) in [6, 6.07) is 0. The maximum atomic E-state index is 10.1. The first kappa shape index (κ1) is 14.3. The molecule has 11 nitrogen and oxygen atoms in total. The maximum absolute atomic E-state index is 10.1. The van der Waals surface area contributed by atoms with Gasteiger partial charge in [0.1, 0.15) is 0 Å². The molecule has 0 aromatic rings. The van der Waals surface area contributed by atoms with Crippen LogP contribution in [0.5, 0.6) is 0 Å². The van der Waals surface area contributed by atoms with Gasteiger partial charge in [-0.25, -0.2) is 9.68 Å². The van der Waals surface area contributed by atoms with Crippen LogP contribution in [0.25, 0.3) is 0 Å². The van der Waals surface area contributed by atoms with Crippen molar-refractivity contribution in [1.29, 1.82) is 0 Å². The molecule has 0 radical (unpaired) electrons. The summed E-state index contributed by atoms with van der Waals surface area (Å²) >= 11 is 0. The van der Waals surface area contributed by atoms with Crippen molar-refractivity contribution in [2.75, 3.05) is 13.2 Å². The lowest BCUT2D eigenvalue weighted by molar-refractivity contribution is -0.899. The van der Waals surface area contributed by atoms with Gasteiger partial charge in [-0.1, -0.05) is 0 Å². The van der Waals surface area contributed by atoms with Gasteiger partial charge in [-0.05, 0) is 6.92 Å². The molecule has 0 rings (SSSR count). The van der Waals surface area contributed by atoms with Gasteiger partial charge >= 0.3 is 5.97 Å². The molecular formula is C5H10N2O9. The van der Waals surface area contributed by atoms with Crippen molar-refractivity contribution in [2.45, 2.75) is 19.0 Å². The average molecular weight is 242 g/mol. The molecule has 1 atom stereocenters. The molecule has 0 spiro atoms. The SMILES string of the molecule is CCOC(O[N+](=O)[O-])(O[N+](=O)[O-])C(O)CO. The molecule has 0 amide bonds. The molecule has 0 saturated carbocycles. The molecule has 0 saturated heterocycles. The standard InChI is InChI=1S/C5H10N2O9/c1-2-14-5(4(9)3-8,15-6(10)11)16-7(12)13/h4,8-9H,2-3H2,1H3. The highest BCUT2D eigenvalue weighted by Gasteiger charge is 2.47. The van der Waals surface area contributed by atoms with Gasteiger partial charge in [0.15, 0.2) is 6.10 Å². The Kier molecular flexibility index (Phi) is 5.35. The lowest BCUT2D eigenvalue weighted by atomic mass is 10.3. The van der Waals surface area contributed by atoms with Crippen LogP contribution in [-0.4, -0.2) is 45.7 Å². The monoisotopic (exact) mass is 242 g/mol. The number of hydrogen-bond donors (Lipinski definition) is 2. The number of hydrogen-bond acceptors (Lipinski definition) is 9. The molecule has 0 heterocycles. The summed E-state index contributed by atoms with van der Waals surface area (Å²) in [5.74, 6) is -2.99. The van der Waals surface area contributed by atoms with Crippen molar-refractivity contribution < 1.29 is 34.8 Å². The Balaban J connectivity index is 5.01. The predicted molar refractivity (Wildman–Crippen MR) is 43.6 cm³/mol. The first-order chi connectivity index (χ1) is 7.38. The molecule has 16 heavy (non-hydrogen) atoms. The van der Waals surface area contributed by atoms with Crippen molar-refractivity contribution >= 4 is 0 Å². The summed E-state index contributed by atoms with van der Waals surface area (Å²) in [7, 11) is 0. The molecule has 94 valence electrons. The topological polar surface area (TPSA) is 154 Å². The number of nitrogens with zero attached hydrogens (tertiary/aromatic N) is 2. The molecule has 0 aliphatic carbocycles. The normalized spacial score (nSPS) is 12.9. The van der Waals surface area contributed by atoms with E-state index in [0.29, 0.717) is 0 Å². The minimum atomic E-state index is -2.99. The number of rotatable bonds is 8. The van der Waals surface area contributed by atoms with Gasteiger partial charge in [-0.15, -0.1) is 20.2 Å². The zero-order valence-electron chi connectivity index (χ0n) is 8.14. The fourth-order valence-corrected chi connectivity index (χ4v) is 0.808. The molecule has 0 aromatic carbocycles. The molecule has 1 unspecified atom stereocenters. The van der Waals surface area contributed by atoms with E-state index in [1.807, 2.05) is 0 Å². The van der Waals surface area contributed by atoms with Gasteiger partial charge in [0.2, 0.25) is 0 Å². The number of ether oxygens (including phenoxy) is 1. The Morgan fingerprint density at radius 2 is 1.75 bits per heavy atom. The van der Waals surface area contributed by atoms with Gasteiger partial charge < -0.3 is 14.9 Å². The summed E-state index contributed by atoms with van der Waals surface area (Å²) in [6.45, 7) is -0.0636. The summed E-state index contributed by atoms with van der Waals surface area (Å²) in [4.78, 5) is 27.7. The molecule has 0 aromatic heterocycles. The summed E-state index contributed by atoms with van der Waals surface area (Å²) in [5, 5.41) is 35.1. The van der Waals surface area contributed by atoms with Crippen LogP contribution in [0.4, 0.5) is 0 Å². The lowest BCUT2D eigenvalue weighted by Crippen LogP contribution is -2.53. The van der Waals surface area contributed by atoms with E-state index in [9.17, 15) is 20.2 Å². The Labute approximate surface area is 88.3 Å². The van der Waals surface area contributed by atoms with E-state index in [-0.39, 0.29) is 6.61 Å². The fourth-order valence-electron chi connectivity index (χ4n) is 0.808. The first-order valence-corrected chi connectivity index (χ1v) is 3.97. The third-order valence-corrected chi connectivity index (χ3v) is 1.33. The van der Waals surface area contributed by atoms with Crippen molar-refractivity contribution in [2.24, 2.45) is 0 Å². The van der Waals surface area contributed by atoms with Crippen molar-refractivity contribution in [1.82, 2.24) is 0 Å². The molecular weight excluding hydrogens is 232 g/mol. The van der Waals surface area contributed by atoms with Crippen LogP contribution >= 0.6 is 0 Å². The van der Waals surface area contributed by atoms with E-state index in [1.165, 1.54) is 6.92 Å². The van der Waals surface area contributed by atoms with E-state index < -0.39 is 28.9 Å². The van der Waals surface area contributed by atoms with E-state index in [4.69, 9.17) is 10.2 Å². The minimum absolute atomic E-state index is 0.293. The van der Waals surface area contributed by atoms with Gasteiger partial charge in [-0.3, -0.25) is 0 Å². The van der Waals surface area contributed by atoms with Crippen LogP contribution in [0.15, 0.2) is 0 Å². The predicted octanol–water partition coefficient (Wildman–Crippen LogP) is -1.55. The van der Waals surface area contributed by atoms with E-state index in [0.717, 1.165) is 0 Å². The Bertz CT molecular complexity index is 240. The number of aliphatic hydroxyl groups excluding tert-OH is 2. The van der Waals surface area contributed by atoms with Crippen LogP contribution in [0.2, 0.25) is 0 Å². The van der Waals surface area contributed by atoms with E-state index in [2.05, 4.69) is 14.4 Å². The summed E-state index contributed by atoms with van der Waals surface area (Å²) < 4.78 is 4.47. The second kappa shape index (κ2) is 5.99. The van der Waals surface area contributed by atoms with Crippen molar-refractivity contribution in [3.8, 4) is 0 Å². The Morgan fingerprint density at radius 3 is 2.00 bits per heavy atom. The van der Waals surface area contributed by atoms with Crippen LogP contribution < -0.4 is 0 Å².